The number of carbonyl (C=O) groups is 3. The fraction of sp³-hybridized carbons (Fsp3) is 0.738. The second-order valence-electron chi connectivity index (χ2n) is 19.0. The summed E-state index contributed by atoms with van der Waals surface area (Å²) in [5, 5.41) is 9.70. The van der Waals surface area contributed by atoms with Crippen molar-refractivity contribution in [3.63, 3.8) is 0 Å². The van der Waals surface area contributed by atoms with Crippen LogP contribution in [0.25, 0.3) is 0 Å². The van der Waals surface area contributed by atoms with Gasteiger partial charge in [0.25, 0.3) is 0 Å². The van der Waals surface area contributed by atoms with E-state index in [0.29, 0.717) is 17.7 Å². The normalized spacial score (nSPS) is 40.7. The van der Waals surface area contributed by atoms with Gasteiger partial charge in [-0.2, -0.15) is 0 Å². The van der Waals surface area contributed by atoms with Gasteiger partial charge in [0.05, 0.1) is 22.6 Å². The molecule has 0 unspecified atom stereocenters. The second kappa shape index (κ2) is 11.4. The topological polar surface area (TPSA) is 93.1 Å². The molecule has 268 valence electrons. The smallest absolute Gasteiger partial charge is 0.339 e. The third kappa shape index (κ3) is 4.93. The molecule has 0 radical (unpaired) electrons. The molecule has 7 heteroatoms. The van der Waals surface area contributed by atoms with Crippen LogP contribution in [-0.2, 0) is 14.3 Å². The summed E-state index contributed by atoms with van der Waals surface area (Å²) >= 11 is 0. The molecule has 1 aromatic rings. The minimum absolute atomic E-state index is 0.0129. The first kappa shape index (κ1) is 34.8. The van der Waals surface area contributed by atoms with Crippen molar-refractivity contribution in [1.29, 1.82) is 0 Å². The lowest BCUT2D eigenvalue weighted by Crippen LogP contribution is -2.67. The number of carboxylic acid groups (broad SMARTS) is 1. The van der Waals surface area contributed by atoms with Gasteiger partial charge in [-0.25, -0.2) is 9.59 Å². The zero-order valence-corrected chi connectivity index (χ0v) is 31.2. The van der Waals surface area contributed by atoms with Gasteiger partial charge in [0.2, 0.25) is 5.91 Å². The van der Waals surface area contributed by atoms with Crippen molar-refractivity contribution >= 4 is 17.8 Å². The highest BCUT2D eigenvalue weighted by atomic mass is 16.5. The Bertz CT molecular complexity index is 1570. The average molecular weight is 674 g/mol. The highest BCUT2D eigenvalue weighted by Crippen LogP contribution is 2.76. The summed E-state index contributed by atoms with van der Waals surface area (Å²) in [6.07, 6.45) is 12.7. The Morgan fingerprint density at radius 3 is 2.18 bits per heavy atom. The van der Waals surface area contributed by atoms with Gasteiger partial charge >= 0.3 is 11.9 Å². The van der Waals surface area contributed by atoms with E-state index in [1.54, 1.807) is 30.9 Å². The Hall–Kier alpha value is -2.67. The third-order valence-electron chi connectivity index (χ3n) is 16.1. The second-order valence-corrected chi connectivity index (χ2v) is 19.0. The van der Waals surface area contributed by atoms with E-state index >= 15 is 0 Å². The zero-order chi connectivity index (χ0) is 35.4. The van der Waals surface area contributed by atoms with Crippen LogP contribution in [0.2, 0.25) is 0 Å². The van der Waals surface area contributed by atoms with Crippen molar-refractivity contribution in [1.82, 2.24) is 4.90 Å². The average Bonchev–Trinajstić information content (AvgIpc) is 3.02. The van der Waals surface area contributed by atoms with E-state index < -0.39 is 11.9 Å². The Balaban J connectivity index is 1.18. The van der Waals surface area contributed by atoms with E-state index in [9.17, 15) is 19.5 Å². The summed E-state index contributed by atoms with van der Waals surface area (Å²) < 4.78 is 11.8. The number of hydrogen-bond donors (Lipinski definition) is 1. The third-order valence-corrected chi connectivity index (χ3v) is 16.1. The number of methoxy groups -OCH3 is 1. The number of allylic oxidation sites excluding steroid dienone is 2. The number of ether oxygens (including phenoxy) is 2. The summed E-state index contributed by atoms with van der Waals surface area (Å²) in [5.74, 6) is -0.121. The zero-order valence-electron chi connectivity index (χ0n) is 31.2. The van der Waals surface area contributed by atoms with Gasteiger partial charge in [-0.1, -0.05) is 72.2 Å². The molecule has 1 aromatic carbocycles. The van der Waals surface area contributed by atoms with Crippen molar-refractivity contribution in [2.45, 2.75) is 125 Å². The highest BCUT2D eigenvalue weighted by molar-refractivity contribution is 6.02. The molecule has 0 bridgehead atoms. The number of rotatable bonds is 5. The molecule has 5 fully saturated rings. The van der Waals surface area contributed by atoms with Crippen LogP contribution in [0.3, 0.4) is 0 Å². The van der Waals surface area contributed by atoms with Gasteiger partial charge in [0.1, 0.15) is 6.10 Å². The van der Waals surface area contributed by atoms with Crippen LogP contribution in [0.1, 0.15) is 133 Å². The van der Waals surface area contributed by atoms with Crippen molar-refractivity contribution in [3.8, 4) is 0 Å². The summed E-state index contributed by atoms with van der Waals surface area (Å²) in [7, 11) is 1.75. The van der Waals surface area contributed by atoms with E-state index in [4.69, 9.17) is 9.47 Å². The minimum Gasteiger partial charge on any atom is -0.478 e. The first-order chi connectivity index (χ1) is 22.9. The summed E-state index contributed by atoms with van der Waals surface area (Å²) in [5.41, 5.74) is 1.57. The van der Waals surface area contributed by atoms with Crippen LogP contribution in [0, 0.1) is 50.2 Å². The number of aromatic carboxylic acids is 1. The van der Waals surface area contributed by atoms with E-state index in [-0.39, 0.29) is 61.7 Å². The van der Waals surface area contributed by atoms with Crippen molar-refractivity contribution < 1.29 is 29.0 Å². The van der Waals surface area contributed by atoms with E-state index in [1.165, 1.54) is 6.07 Å². The van der Waals surface area contributed by atoms with Crippen LogP contribution in [0.5, 0.6) is 0 Å². The predicted molar refractivity (Wildman–Crippen MR) is 189 cm³/mol. The van der Waals surface area contributed by atoms with Gasteiger partial charge < -0.3 is 19.5 Å². The quantitative estimate of drug-likeness (QED) is 0.249. The summed E-state index contributed by atoms with van der Waals surface area (Å²) in [4.78, 5) is 41.9. The fourth-order valence-electron chi connectivity index (χ4n) is 12.9. The molecule has 6 aliphatic rings. The molecular formula is C42H59NO6. The van der Waals surface area contributed by atoms with Gasteiger partial charge in [-0.3, -0.25) is 4.79 Å². The fourth-order valence-corrected chi connectivity index (χ4v) is 12.9. The number of esters is 1. The molecule has 1 heterocycles. The molecule has 0 spiro atoms. The highest BCUT2D eigenvalue weighted by Gasteiger charge is 2.69. The van der Waals surface area contributed by atoms with Crippen LogP contribution >= 0.6 is 0 Å². The van der Waals surface area contributed by atoms with Crippen LogP contribution in [0.4, 0.5) is 0 Å². The monoisotopic (exact) mass is 673 g/mol. The molecule has 7 nitrogen and oxygen atoms in total. The molecule has 1 saturated heterocycles. The number of amides is 1. The number of hydrogen-bond acceptors (Lipinski definition) is 5. The van der Waals surface area contributed by atoms with Crippen LogP contribution in [-0.4, -0.2) is 60.3 Å². The lowest BCUT2D eigenvalue weighted by Gasteiger charge is -2.71. The maximum Gasteiger partial charge on any atom is 0.339 e. The van der Waals surface area contributed by atoms with Crippen LogP contribution < -0.4 is 0 Å². The molecule has 1 N–H and O–H groups in total. The predicted octanol–water partition coefficient (Wildman–Crippen LogP) is 8.57. The molecule has 0 aromatic heterocycles. The van der Waals surface area contributed by atoms with Gasteiger partial charge in [0.15, 0.2) is 0 Å². The maximum atomic E-state index is 14.5. The lowest BCUT2D eigenvalue weighted by molar-refractivity contribution is -0.206. The minimum atomic E-state index is -1.12. The van der Waals surface area contributed by atoms with E-state index in [2.05, 4.69) is 59.4 Å². The number of likely N-dealkylation sites (tertiary alicyclic amines) is 1. The number of carboxylic acids is 1. The molecule has 5 aliphatic carbocycles. The standard InChI is InChI=1S/C42H59NO6/c1-37(2)19-21-42(36(47)43-24-26(25-43)48-8)22-20-40(6)29(30(42)23-37)13-14-32-39(5)17-16-33(38(3,4)31(39)15-18-41(32,40)7)49-35(46)28-12-10-9-11-27(28)34(44)45/h9-13,26,30-33H,14-25H2,1-8H3,(H,44,45)/t30-,31-,32+,33-,39-,40+,41+,42-/m0/s1. The van der Waals surface area contributed by atoms with E-state index in [0.717, 1.165) is 77.3 Å². The van der Waals surface area contributed by atoms with Gasteiger partial charge in [-0.05, 0) is 116 Å². The number of benzene rings is 1. The van der Waals surface area contributed by atoms with Crippen LogP contribution in [0.15, 0.2) is 35.9 Å². The van der Waals surface area contributed by atoms with Crippen molar-refractivity contribution in [2.75, 3.05) is 20.2 Å². The van der Waals surface area contributed by atoms with Gasteiger partial charge in [-0.15, -0.1) is 0 Å². The number of carbonyl (C=O) groups excluding carboxylic acids is 2. The largest absolute Gasteiger partial charge is 0.478 e. The van der Waals surface area contributed by atoms with Crippen molar-refractivity contribution in [2.24, 2.45) is 50.2 Å². The Kier molecular flexibility index (Phi) is 8.10. The molecule has 4 saturated carbocycles. The SMILES string of the molecule is COC1CN(C(=O)[C@]23CCC(C)(C)C[C@H]2C2=CC[C@@H]4[C@@]5(C)CC[C@H](OC(=O)c6ccccc6C(=O)O)C(C)(C)[C@@H]5CC[C@@]4(C)[C@]2(C)CC3)C1. The van der Waals surface area contributed by atoms with E-state index in [1.807, 2.05) is 0 Å². The first-order valence-electron chi connectivity index (χ1n) is 19.0. The Morgan fingerprint density at radius 1 is 0.837 bits per heavy atom. The molecule has 7 rings (SSSR count). The molecule has 1 aliphatic heterocycles. The molecule has 49 heavy (non-hydrogen) atoms. The summed E-state index contributed by atoms with van der Waals surface area (Å²) in [6, 6.07) is 6.36. The Labute approximate surface area is 293 Å². The number of fused-ring (bicyclic) bond motifs is 7. The molecule has 1 amide bonds. The molecular weight excluding hydrogens is 614 g/mol. The first-order valence-corrected chi connectivity index (χ1v) is 19.0. The Morgan fingerprint density at radius 2 is 1.51 bits per heavy atom. The summed E-state index contributed by atoms with van der Waals surface area (Å²) in [6.45, 7) is 18.5. The lowest BCUT2D eigenvalue weighted by atomic mass is 9.33. The van der Waals surface area contributed by atoms with Gasteiger partial charge in [0, 0.05) is 25.6 Å². The maximum absolute atomic E-state index is 14.5. The number of nitrogens with zero attached hydrogens (tertiary/aromatic N) is 1. The molecule has 8 atom stereocenters. The van der Waals surface area contributed by atoms with Crippen molar-refractivity contribution in [3.05, 3.63) is 47.0 Å².